The van der Waals surface area contributed by atoms with Crippen LogP contribution in [0.15, 0.2) is 41.4 Å². The summed E-state index contributed by atoms with van der Waals surface area (Å²) in [6.45, 7) is 0.296. The summed E-state index contributed by atoms with van der Waals surface area (Å²) in [5.74, 6) is -4.70. The maximum absolute atomic E-state index is 15.7. The SMILES string of the molecule is COc1ncc(Cl)cc1S(=O)(=O)Nc1ccc(F)c(-c2ccc3c(C(=O)NC4CCC(=O)N(C)C4)n[nH]c3c2F)c1F. The fourth-order valence-electron chi connectivity index (χ4n) is 4.64. The van der Waals surface area contributed by atoms with E-state index in [0.717, 1.165) is 30.5 Å². The Morgan fingerprint density at radius 3 is 2.67 bits per heavy atom. The van der Waals surface area contributed by atoms with Crippen molar-refractivity contribution in [2.75, 3.05) is 25.4 Å². The third-order valence-electron chi connectivity index (χ3n) is 6.73. The van der Waals surface area contributed by atoms with Crippen molar-refractivity contribution in [2.24, 2.45) is 0 Å². The van der Waals surface area contributed by atoms with Crippen molar-refractivity contribution in [3.05, 3.63) is 64.7 Å². The quantitative estimate of drug-likeness (QED) is 0.284. The molecule has 1 atom stereocenters. The van der Waals surface area contributed by atoms with Crippen LogP contribution in [0.2, 0.25) is 5.02 Å². The van der Waals surface area contributed by atoms with E-state index in [0.29, 0.717) is 13.0 Å². The van der Waals surface area contributed by atoms with Crippen LogP contribution in [0.25, 0.3) is 22.0 Å². The van der Waals surface area contributed by atoms with Gasteiger partial charge in [0.2, 0.25) is 11.8 Å². The first-order chi connectivity index (χ1) is 19.9. The van der Waals surface area contributed by atoms with Gasteiger partial charge in [0.1, 0.15) is 11.3 Å². The number of aromatic amines is 1. The number of nitrogens with one attached hydrogen (secondary N) is 3. The molecule has 2 amide bonds. The Bertz CT molecular complexity index is 1850. The number of likely N-dealkylation sites (N-methyl/N-ethyl adjacent to an activating group) is 1. The fraction of sp³-hybridized carbons (Fsp3) is 0.231. The molecule has 0 spiro atoms. The molecule has 0 aliphatic carbocycles. The van der Waals surface area contributed by atoms with E-state index in [1.54, 1.807) is 7.05 Å². The predicted octanol–water partition coefficient (Wildman–Crippen LogP) is 3.86. The van der Waals surface area contributed by atoms with Gasteiger partial charge in [-0.1, -0.05) is 17.7 Å². The number of likely N-dealkylation sites (tertiary alicyclic amines) is 1. The molecule has 1 aliphatic rings. The molecule has 1 unspecified atom stereocenters. The summed E-state index contributed by atoms with van der Waals surface area (Å²) in [7, 11) is -1.75. The van der Waals surface area contributed by atoms with Crippen molar-refractivity contribution < 1.29 is 35.9 Å². The third-order valence-corrected chi connectivity index (χ3v) is 8.29. The zero-order chi connectivity index (χ0) is 30.3. The van der Waals surface area contributed by atoms with Gasteiger partial charge in [-0.2, -0.15) is 5.10 Å². The van der Waals surface area contributed by atoms with Gasteiger partial charge in [0.25, 0.3) is 15.9 Å². The molecule has 2 aromatic heterocycles. The molecule has 3 heterocycles. The fourth-order valence-corrected chi connectivity index (χ4v) is 6.06. The van der Waals surface area contributed by atoms with Crippen LogP contribution in [-0.2, 0) is 14.8 Å². The van der Waals surface area contributed by atoms with Crippen LogP contribution in [0.1, 0.15) is 23.3 Å². The molecular formula is C26H22ClF3N6O5S. The number of anilines is 1. The molecule has 5 rings (SSSR count). The van der Waals surface area contributed by atoms with E-state index in [-0.39, 0.29) is 45.9 Å². The number of piperidine rings is 1. The lowest BCUT2D eigenvalue weighted by molar-refractivity contribution is -0.132. The lowest BCUT2D eigenvalue weighted by Crippen LogP contribution is -2.48. The first kappa shape index (κ1) is 29.1. The maximum atomic E-state index is 15.7. The minimum atomic E-state index is -4.54. The highest BCUT2D eigenvalue weighted by atomic mass is 35.5. The number of hydrogen-bond acceptors (Lipinski definition) is 7. The number of rotatable bonds is 7. The van der Waals surface area contributed by atoms with E-state index in [9.17, 15) is 22.4 Å². The van der Waals surface area contributed by atoms with Crippen molar-refractivity contribution in [1.82, 2.24) is 25.4 Å². The molecule has 11 nitrogen and oxygen atoms in total. The van der Waals surface area contributed by atoms with E-state index in [2.05, 4.69) is 20.5 Å². The number of sulfonamides is 1. The Morgan fingerprint density at radius 2 is 1.95 bits per heavy atom. The lowest BCUT2D eigenvalue weighted by atomic mass is 10.0. The summed E-state index contributed by atoms with van der Waals surface area (Å²) in [5, 5.41) is 9.05. The summed E-state index contributed by atoms with van der Waals surface area (Å²) in [6.07, 6.45) is 1.84. The largest absolute Gasteiger partial charge is 0.480 e. The number of amides is 2. The molecule has 42 heavy (non-hydrogen) atoms. The zero-order valence-corrected chi connectivity index (χ0v) is 23.5. The van der Waals surface area contributed by atoms with Crippen molar-refractivity contribution in [3.63, 3.8) is 0 Å². The van der Waals surface area contributed by atoms with Crippen molar-refractivity contribution in [1.29, 1.82) is 0 Å². The molecule has 1 fully saturated rings. The predicted molar refractivity (Wildman–Crippen MR) is 146 cm³/mol. The molecule has 1 saturated heterocycles. The molecule has 2 aromatic carbocycles. The van der Waals surface area contributed by atoms with Gasteiger partial charge in [-0.05, 0) is 30.7 Å². The normalized spacial score (nSPS) is 15.6. The third kappa shape index (κ3) is 5.32. The Labute approximate surface area is 242 Å². The second kappa shape index (κ2) is 11.1. The second-order valence-corrected chi connectivity index (χ2v) is 11.5. The van der Waals surface area contributed by atoms with E-state index in [1.807, 2.05) is 4.72 Å². The number of pyridine rings is 1. The number of aromatic nitrogens is 3. The van der Waals surface area contributed by atoms with Crippen LogP contribution in [0.5, 0.6) is 5.88 Å². The first-order valence-electron chi connectivity index (χ1n) is 12.3. The van der Waals surface area contributed by atoms with Crippen LogP contribution >= 0.6 is 11.6 Å². The number of ether oxygens (including phenoxy) is 1. The van der Waals surface area contributed by atoms with Gasteiger partial charge in [0.05, 0.1) is 23.4 Å². The summed E-state index contributed by atoms with van der Waals surface area (Å²) in [5.41, 5.74) is -2.55. The van der Waals surface area contributed by atoms with Crippen LogP contribution in [-0.4, -0.2) is 67.1 Å². The smallest absolute Gasteiger partial charge is 0.272 e. The number of carbonyl (C=O) groups is 2. The van der Waals surface area contributed by atoms with Gasteiger partial charge in [0, 0.05) is 43.2 Å². The van der Waals surface area contributed by atoms with Gasteiger partial charge < -0.3 is 15.0 Å². The monoisotopic (exact) mass is 622 g/mol. The zero-order valence-electron chi connectivity index (χ0n) is 22.0. The number of carbonyl (C=O) groups excluding carboxylic acids is 2. The average molecular weight is 623 g/mol. The van der Waals surface area contributed by atoms with Gasteiger partial charge in [-0.15, -0.1) is 0 Å². The topological polar surface area (TPSA) is 146 Å². The number of methoxy groups -OCH3 is 1. The summed E-state index contributed by atoms with van der Waals surface area (Å²) in [6, 6.07) is 4.62. The molecule has 4 aromatic rings. The minimum absolute atomic E-state index is 0.0411. The van der Waals surface area contributed by atoms with E-state index < -0.39 is 55.1 Å². The molecular weight excluding hydrogens is 601 g/mol. The Hall–Kier alpha value is -4.37. The molecule has 0 saturated carbocycles. The van der Waals surface area contributed by atoms with Crippen molar-refractivity contribution in [3.8, 4) is 17.0 Å². The van der Waals surface area contributed by atoms with Gasteiger partial charge in [-0.25, -0.2) is 26.6 Å². The number of benzene rings is 2. The second-order valence-electron chi connectivity index (χ2n) is 9.46. The molecule has 220 valence electrons. The van der Waals surface area contributed by atoms with Crippen LogP contribution in [0.4, 0.5) is 18.9 Å². The molecule has 16 heteroatoms. The molecule has 3 N–H and O–H groups in total. The Morgan fingerprint density at radius 1 is 1.19 bits per heavy atom. The Kier molecular flexibility index (Phi) is 7.72. The summed E-state index contributed by atoms with van der Waals surface area (Å²) < 4.78 is 79.2. The number of nitrogens with zero attached hydrogens (tertiary/aromatic N) is 3. The van der Waals surface area contributed by atoms with Gasteiger partial charge >= 0.3 is 0 Å². The highest BCUT2D eigenvalue weighted by Gasteiger charge is 2.29. The van der Waals surface area contributed by atoms with Crippen LogP contribution in [0, 0.1) is 17.5 Å². The first-order valence-corrected chi connectivity index (χ1v) is 14.2. The Balaban J connectivity index is 1.48. The number of hydrogen-bond donors (Lipinski definition) is 3. The highest BCUT2D eigenvalue weighted by Crippen LogP contribution is 2.36. The number of H-pyrrole nitrogens is 1. The van der Waals surface area contributed by atoms with E-state index in [4.69, 9.17) is 16.3 Å². The maximum Gasteiger partial charge on any atom is 0.272 e. The van der Waals surface area contributed by atoms with Crippen LogP contribution < -0.4 is 14.8 Å². The van der Waals surface area contributed by atoms with Gasteiger partial charge in [-0.3, -0.25) is 19.4 Å². The highest BCUT2D eigenvalue weighted by molar-refractivity contribution is 7.92. The van der Waals surface area contributed by atoms with E-state index >= 15 is 8.78 Å². The molecule has 0 radical (unpaired) electrons. The summed E-state index contributed by atoms with van der Waals surface area (Å²) in [4.78, 5) is 29.3. The molecule has 1 aliphatic heterocycles. The summed E-state index contributed by atoms with van der Waals surface area (Å²) >= 11 is 5.86. The van der Waals surface area contributed by atoms with Crippen molar-refractivity contribution in [2.45, 2.75) is 23.8 Å². The van der Waals surface area contributed by atoms with Crippen LogP contribution in [0.3, 0.4) is 0 Å². The van der Waals surface area contributed by atoms with Crippen molar-refractivity contribution >= 4 is 50.0 Å². The number of halogens is 4. The van der Waals surface area contributed by atoms with Gasteiger partial charge in [0.15, 0.2) is 22.2 Å². The lowest BCUT2D eigenvalue weighted by Gasteiger charge is -2.29. The molecule has 0 bridgehead atoms. The average Bonchev–Trinajstić information content (AvgIpc) is 3.39. The minimum Gasteiger partial charge on any atom is -0.480 e. The van der Waals surface area contributed by atoms with E-state index in [1.165, 1.54) is 18.1 Å². The standard InChI is InChI=1S/C26H22ClF3N6O5S/c1-36-11-13(3-8-19(36)37)32-25(38)24-15-5-4-14(21(29)23(15)33-34-24)20-16(28)6-7-17(22(20)30)35-42(39,40)18-9-12(27)10-31-26(18)41-2/h4-7,9-10,13,35H,3,8,11H2,1-2H3,(H,32,38)(H,33,34). The number of fused-ring (bicyclic) bond motifs is 1.